The van der Waals surface area contributed by atoms with Crippen molar-refractivity contribution in [3.8, 4) is 0 Å². The predicted molar refractivity (Wildman–Crippen MR) is 65.2 cm³/mol. The van der Waals surface area contributed by atoms with Crippen molar-refractivity contribution in [2.75, 3.05) is 26.3 Å². The molecule has 1 aliphatic carbocycles. The van der Waals surface area contributed by atoms with Crippen molar-refractivity contribution in [3.05, 3.63) is 0 Å². The second kappa shape index (κ2) is 9.17. The van der Waals surface area contributed by atoms with Crippen molar-refractivity contribution in [1.29, 1.82) is 0 Å². The van der Waals surface area contributed by atoms with Crippen LogP contribution in [0.25, 0.3) is 0 Å². The molecule has 1 saturated carbocycles. The van der Waals surface area contributed by atoms with E-state index in [-0.39, 0.29) is 0 Å². The Hall–Kier alpha value is -0.0800. The molecule has 0 saturated heterocycles. The molecule has 0 unspecified atom stereocenters. The summed E-state index contributed by atoms with van der Waals surface area (Å²) < 4.78 is 5.43. The van der Waals surface area contributed by atoms with Gasteiger partial charge in [0.2, 0.25) is 0 Å². The van der Waals surface area contributed by atoms with Crippen LogP contribution in [0.2, 0.25) is 0 Å². The van der Waals surface area contributed by atoms with Crippen LogP contribution in [0.1, 0.15) is 51.9 Å². The SMILES string of the molecule is CCCOCCCNCC1CCCCC1. The molecule has 0 aromatic rings. The van der Waals surface area contributed by atoms with Gasteiger partial charge in [0.1, 0.15) is 0 Å². The fraction of sp³-hybridized carbons (Fsp3) is 1.00. The molecule has 2 heteroatoms. The fourth-order valence-electron chi connectivity index (χ4n) is 2.24. The van der Waals surface area contributed by atoms with Crippen LogP contribution in [0.15, 0.2) is 0 Å². The lowest BCUT2D eigenvalue weighted by molar-refractivity contribution is 0.132. The normalized spacial score (nSPS) is 18.2. The van der Waals surface area contributed by atoms with Gasteiger partial charge in [-0.3, -0.25) is 0 Å². The first-order valence-corrected chi connectivity index (χ1v) is 6.72. The van der Waals surface area contributed by atoms with Crippen LogP contribution in [-0.2, 0) is 4.74 Å². The van der Waals surface area contributed by atoms with Crippen LogP contribution in [0, 0.1) is 5.92 Å². The van der Waals surface area contributed by atoms with Gasteiger partial charge >= 0.3 is 0 Å². The van der Waals surface area contributed by atoms with E-state index < -0.39 is 0 Å². The summed E-state index contributed by atoms with van der Waals surface area (Å²) in [5.74, 6) is 0.954. The van der Waals surface area contributed by atoms with E-state index in [9.17, 15) is 0 Å². The molecule has 0 spiro atoms. The highest BCUT2D eigenvalue weighted by molar-refractivity contribution is 4.67. The molecule has 1 fully saturated rings. The molecule has 0 radical (unpaired) electrons. The maximum absolute atomic E-state index is 5.43. The Bertz CT molecular complexity index is 132. The van der Waals surface area contributed by atoms with Gasteiger partial charge in [-0.25, -0.2) is 0 Å². The smallest absolute Gasteiger partial charge is 0.0478 e. The van der Waals surface area contributed by atoms with E-state index in [4.69, 9.17) is 4.74 Å². The quantitative estimate of drug-likeness (QED) is 0.626. The topological polar surface area (TPSA) is 21.3 Å². The Balaban J connectivity index is 1.79. The molecule has 0 aliphatic heterocycles. The van der Waals surface area contributed by atoms with E-state index in [1.54, 1.807) is 0 Å². The summed E-state index contributed by atoms with van der Waals surface area (Å²) in [6, 6.07) is 0. The van der Waals surface area contributed by atoms with Crippen LogP contribution in [-0.4, -0.2) is 26.3 Å². The van der Waals surface area contributed by atoms with Gasteiger partial charge in [-0.05, 0) is 44.7 Å². The number of hydrogen-bond donors (Lipinski definition) is 1. The summed E-state index contributed by atoms with van der Waals surface area (Å²) in [7, 11) is 0. The molecule has 0 heterocycles. The van der Waals surface area contributed by atoms with Crippen LogP contribution in [0.3, 0.4) is 0 Å². The molecule has 1 rings (SSSR count). The van der Waals surface area contributed by atoms with Gasteiger partial charge in [0.05, 0.1) is 0 Å². The van der Waals surface area contributed by atoms with Crippen LogP contribution >= 0.6 is 0 Å². The van der Waals surface area contributed by atoms with Gasteiger partial charge < -0.3 is 10.1 Å². The van der Waals surface area contributed by atoms with E-state index in [2.05, 4.69) is 12.2 Å². The number of nitrogens with one attached hydrogen (secondary N) is 1. The van der Waals surface area contributed by atoms with Crippen LogP contribution in [0.5, 0.6) is 0 Å². The zero-order valence-electron chi connectivity index (χ0n) is 10.3. The Morgan fingerprint density at radius 1 is 1.13 bits per heavy atom. The highest BCUT2D eigenvalue weighted by Gasteiger charge is 2.11. The first kappa shape index (κ1) is 13.0. The molecule has 0 amide bonds. The average Bonchev–Trinajstić information content (AvgIpc) is 2.29. The summed E-state index contributed by atoms with van der Waals surface area (Å²) in [5.41, 5.74) is 0. The molecule has 0 aromatic heterocycles. The molecular formula is C13H27NO. The van der Waals surface area contributed by atoms with Crippen molar-refractivity contribution in [3.63, 3.8) is 0 Å². The van der Waals surface area contributed by atoms with Crippen molar-refractivity contribution < 1.29 is 4.74 Å². The second-order valence-electron chi connectivity index (χ2n) is 4.67. The summed E-state index contributed by atoms with van der Waals surface area (Å²) >= 11 is 0. The summed E-state index contributed by atoms with van der Waals surface area (Å²) in [6.07, 6.45) is 9.54. The molecule has 15 heavy (non-hydrogen) atoms. The molecule has 0 bridgehead atoms. The van der Waals surface area contributed by atoms with E-state index in [0.717, 1.165) is 38.5 Å². The van der Waals surface area contributed by atoms with E-state index >= 15 is 0 Å². The maximum Gasteiger partial charge on any atom is 0.0478 e. The number of hydrogen-bond acceptors (Lipinski definition) is 2. The zero-order valence-corrected chi connectivity index (χ0v) is 10.3. The van der Waals surface area contributed by atoms with Crippen LogP contribution in [0.4, 0.5) is 0 Å². The lowest BCUT2D eigenvalue weighted by Gasteiger charge is -2.21. The highest BCUT2D eigenvalue weighted by Crippen LogP contribution is 2.22. The molecule has 0 atom stereocenters. The minimum absolute atomic E-state index is 0.919. The minimum Gasteiger partial charge on any atom is -0.381 e. The molecule has 90 valence electrons. The van der Waals surface area contributed by atoms with E-state index in [1.165, 1.54) is 38.6 Å². The lowest BCUT2D eigenvalue weighted by atomic mass is 9.89. The second-order valence-corrected chi connectivity index (χ2v) is 4.67. The zero-order chi connectivity index (χ0) is 10.8. The summed E-state index contributed by atoms with van der Waals surface area (Å²) in [4.78, 5) is 0. The van der Waals surface area contributed by atoms with Crippen molar-refractivity contribution in [2.45, 2.75) is 51.9 Å². The van der Waals surface area contributed by atoms with Gasteiger partial charge in [0.25, 0.3) is 0 Å². The summed E-state index contributed by atoms with van der Waals surface area (Å²) in [6.45, 7) is 6.35. The molecular weight excluding hydrogens is 186 g/mol. The first-order chi connectivity index (χ1) is 7.43. The number of ether oxygens (including phenoxy) is 1. The Morgan fingerprint density at radius 2 is 1.93 bits per heavy atom. The van der Waals surface area contributed by atoms with Gasteiger partial charge in [0, 0.05) is 13.2 Å². The summed E-state index contributed by atoms with van der Waals surface area (Å²) in [5, 5.41) is 3.55. The molecule has 1 aliphatic rings. The largest absolute Gasteiger partial charge is 0.381 e. The molecule has 1 N–H and O–H groups in total. The lowest BCUT2D eigenvalue weighted by Crippen LogP contribution is -2.26. The molecule has 2 nitrogen and oxygen atoms in total. The Kier molecular flexibility index (Phi) is 7.94. The third kappa shape index (κ3) is 6.91. The number of rotatable bonds is 8. The highest BCUT2D eigenvalue weighted by atomic mass is 16.5. The van der Waals surface area contributed by atoms with Crippen LogP contribution < -0.4 is 5.32 Å². The minimum atomic E-state index is 0.919. The standard InChI is InChI=1S/C13H27NO/c1-2-10-15-11-6-9-14-12-13-7-4-3-5-8-13/h13-14H,2-12H2,1H3. The third-order valence-electron chi connectivity index (χ3n) is 3.15. The fourth-order valence-corrected chi connectivity index (χ4v) is 2.24. The van der Waals surface area contributed by atoms with Gasteiger partial charge in [0.15, 0.2) is 0 Å². The average molecular weight is 213 g/mol. The van der Waals surface area contributed by atoms with E-state index in [1.807, 2.05) is 0 Å². The monoisotopic (exact) mass is 213 g/mol. The Morgan fingerprint density at radius 3 is 2.67 bits per heavy atom. The first-order valence-electron chi connectivity index (χ1n) is 6.72. The van der Waals surface area contributed by atoms with Crippen molar-refractivity contribution >= 4 is 0 Å². The van der Waals surface area contributed by atoms with E-state index in [0.29, 0.717) is 0 Å². The molecule has 0 aromatic carbocycles. The predicted octanol–water partition coefficient (Wildman–Crippen LogP) is 2.97. The Labute approximate surface area is 94.8 Å². The third-order valence-corrected chi connectivity index (χ3v) is 3.15. The van der Waals surface area contributed by atoms with Crippen molar-refractivity contribution in [1.82, 2.24) is 5.32 Å². The maximum atomic E-state index is 5.43. The van der Waals surface area contributed by atoms with Gasteiger partial charge in [-0.15, -0.1) is 0 Å². The van der Waals surface area contributed by atoms with Gasteiger partial charge in [-0.2, -0.15) is 0 Å². The van der Waals surface area contributed by atoms with Crippen molar-refractivity contribution in [2.24, 2.45) is 5.92 Å². The van der Waals surface area contributed by atoms with Gasteiger partial charge in [-0.1, -0.05) is 26.2 Å².